The van der Waals surface area contributed by atoms with Gasteiger partial charge in [-0.25, -0.2) is 9.78 Å². The van der Waals surface area contributed by atoms with E-state index in [1.54, 1.807) is 6.20 Å². The first-order valence-corrected chi connectivity index (χ1v) is 4.13. The molecule has 1 aliphatic heterocycles. The Morgan fingerprint density at radius 3 is 2.92 bits per heavy atom. The molecule has 1 fully saturated rings. The Hall–Kier alpha value is -1.52. The van der Waals surface area contributed by atoms with E-state index in [9.17, 15) is 4.79 Å². The number of rotatable bonds is 1. The topological polar surface area (TPSA) is 56.1 Å². The molecule has 0 radical (unpaired) electrons. The molecule has 0 spiro atoms. The number of alkyl carbamates (subject to hydrolysis) is 1. The molecule has 1 N–H and O–H groups in total. The molecule has 1 saturated heterocycles. The molecule has 1 aromatic rings. The number of aryl methyl sites for hydroxylation is 1. The molecule has 2 heterocycles. The SMILES string of the molecule is C[C@@H]1NC(=O)O[C@@H]1c1nccn1C. The van der Waals surface area contributed by atoms with Gasteiger partial charge in [-0.05, 0) is 6.92 Å². The van der Waals surface area contributed by atoms with Crippen molar-refractivity contribution in [2.45, 2.75) is 19.1 Å². The van der Waals surface area contributed by atoms with E-state index in [1.165, 1.54) is 0 Å². The largest absolute Gasteiger partial charge is 0.436 e. The van der Waals surface area contributed by atoms with Gasteiger partial charge in [0.2, 0.25) is 0 Å². The van der Waals surface area contributed by atoms with E-state index in [2.05, 4.69) is 10.3 Å². The summed E-state index contributed by atoms with van der Waals surface area (Å²) in [5, 5.41) is 2.67. The second kappa shape index (κ2) is 2.76. The van der Waals surface area contributed by atoms with Crippen LogP contribution < -0.4 is 5.32 Å². The summed E-state index contributed by atoms with van der Waals surface area (Å²) in [5.41, 5.74) is 0. The summed E-state index contributed by atoms with van der Waals surface area (Å²) in [6.45, 7) is 1.89. The van der Waals surface area contributed by atoms with Crippen molar-refractivity contribution in [3.8, 4) is 0 Å². The summed E-state index contributed by atoms with van der Waals surface area (Å²) in [4.78, 5) is 15.0. The highest BCUT2D eigenvalue weighted by molar-refractivity contribution is 5.70. The molecule has 0 aromatic carbocycles. The molecule has 70 valence electrons. The molecule has 1 amide bonds. The van der Waals surface area contributed by atoms with Gasteiger partial charge in [-0.15, -0.1) is 0 Å². The maximum absolute atomic E-state index is 10.9. The van der Waals surface area contributed by atoms with Crippen molar-refractivity contribution in [2.24, 2.45) is 7.05 Å². The van der Waals surface area contributed by atoms with Crippen molar-refractivity contribution in [2.75, 3.05) is 0 Å². The maximum atomic E-state index is 10.9. The first kappa shape index (κ1) is 8.10. The highest BCUT2D eigenvalue weighted by Gasteiger charge is 2.34. The normalized spacial score (nSPS) is 27.1. The molecule has 1 aliphatic rings. The van der Waals surface area contributed by atoms with Crippen molar-refractivity contribution in [1.82, 2.24) is 14.9 Å². The Morgan fingerprint density at radius 1 is 1.69 bits per heavy atom. The summed E-state index contributed by atoms with van der Waals surface area (Å²) in [5.74, 6) is 0.769. The molecule has 0 saturated carbocycles. The quantitative estimate of drug-likeness (QED) is 0.689. The van der Waals surface area contributed by atoms with Gasteiger partial charge in [-0.2, -0.15) is 0 Å². The predicted octanol–water partition coefficient (Wildman–Crippen LogP) is 0.590. The van der Waals surface area contributed by atoms with E-state index >= 15 is 0 Å². The third-order valence-corrected chi connectivity index (χ3v) is 2.15. The number of ether oxygens (including phenoxy) is 1. The Morgan fingerprint density at radius 2 is 2.46 bits per heavy atom. The van der Waals surface area contributed by atoms with Crippen LogP contribution in [0.4, 0.5) is 4.79 Å². The van der Waals surface area contributed by atoms with Crippen molar-refractivity contribution in [3.05, 3.63) is 18.2 Å². The molecule has 0 aliphatic carbocycles. The van der Waals surface area contributed by atoms with E-state index in [1.807, 2.05) is 24.7 Å². The summed E-state index contributed by atoms with van der Waals surface area (Å²) < 4.78 is 6.91. The van der Waals surface area contributed by atoms with Crippen molar-refractivity contribution < 1.29 is 9.53 Å². The van der Waals surface area contributed by atoms with Gasteiger partial charge in [0.25, 0.3) is 0 Å². The van der Waals surface area contributed by atoms with Crippen LogP contribution in [-0.2, 0) is 11.8 Å². The second-order valence-corrected chi connectivity index (χ2v) is 3.16. The monoisotopic (exact) mass is 181 g/mol. The Bertz CT molecular complexity index is 334. The number of nitrogens with one attached hydrogen (secondary N) is 1. The molecular formula is C8H11N3O2. The Labute approximate surface area is 75.7 Å². The Balaban J connectivity index is 2.27. The fraction of sp³-hybridized carbons (Fsp3) is 0.500. The zero-order valence-electron chi connectivity index (χ0n) is 7.52. The number of cyclic esters (lactones) is 1. The van der Waals surface area contributed by atoms with Crippen LogP contribution in [0.2, 0.25) is 0 Å². The number of imidazole rings is 1. The van der Waals surface area contributed by atoms with Crippen molar-refractivity contribution >= 4 is 6.09 Å². The van der Waals surface area contributed by atoms with Gasteiger partial charge >= 0.3 is 6.09 Å². The first-order valence-electron chi connectivity index (χ1n) is 4.13. The number of nitrogens with zero attached hydrogens (tertiary/aromatic N) is 2. The lowest BCUT2D eigenvalue weighted by atomic mass is 10.2. The number of hydrogen-bond acceptors (Lipinski definition) is 3. The van der Waals surface area contributed by atoms with Gasteiger partial charge < -0.3 is 14.6 Å². The fourth-order valence-electron chi connectivity index (χ4n) is 1.44. The summed E-state index contributed by atoms with van der Waals surface area (Å²) in [7, 11) is 1.88. The lowest BCUT2D eigenvalue weighted by Crippen LogP contribution is -2.24. The predicted molar refractivity (Wildman–Crippen MR) is 45.0 cm³/mol. The third-order valence-electron chi connectivity index (χ3n) is 2.15. The van der Waals surface area contributed by atoms with Crippen LogP contribution in [0, 0.1) is 0 Å². The van der Waals surface area contributed by atoms with Gasteiger partial charge in [0.15, 0.2) is 11.9 Å². The average molecular weight is 181 g/mol. The van der Waals surface area contributed by atoms with E-state index < -0.39 is 0 Å². The minimum atomic E-state index is -0.375. The lowest BCUT2D eigenvalue weighted by molar-refractivity contribution is 0.127. The number of hydrogen-bond donors (Lipinski definition) is 1. The molecule has 2 atom stereocenters. The van der Waals surface area contributed by atoms with Crippen LogP contribution >= 0.6 is 0 Å². The number of carbonyl (C=O) groups excluding carboxylic acids is 1. The molecular weight excluding hydrogens is 170 g/mol. The van der Waals surface area contributed by atoms with Gasteiger partial charge in [0.05, 0.1) is 6.04 Å². The summed E-state index contributed by atoms with van der Waals surface area (Å²) >= 11 is 0. The molecule has 1 aromatic heterocycles. The van der Waals surface area contributed by atoms with Crippen LogP contribution in [0.25, 0.3) is 0 Å². The first-order chi connectivity index (χ1) is 6.18. The van der Waals surface area contributed by atoms with Crippen LogP contribution in [-0.4, -0.2) is 21.7 Å². The zero-order valence-corrected chi connectivity index (χ0v) is 7.52. The number of carbonyl (C=O) groups is 1. The van der Waals surface area contributed by atoms with E-state index in [4.69, 9.17) is 4.74 Å². The minimum Gasteiger partial charge on any atom is -0.436 e. The molecule has 2 rings (SSSR count). The summed E-state index contributed by atoms with van der Waals surface area (Å²) in [6.07, 6.45) is 2.87. The van der Waals surface area contributed by atoms with E-state index in [0.29, 0.717) is 0 Å². The van der Waals surface area contributed by atoms with Gasteiger partial charge in [0.1, 0.15) is 0 Å². The van der Waals surface area contributed by atoms with Crippen LogP contribution in [0.3, 0.4) is 0 Å². The van der Waals surface area contributed by atoms with E-state index in [-0.39, 0.29) is 18.2 Å². The molecule has 5 nitrogen and oxygen atoms in total. The second-order valence-electron chi connectivity index (χ2n) is 3.16. The third kappa shape index (κ3) is 1.26. The number of aromatic nitrogens is 2. The van der Waals surface area contributed by atoms with E-state index in [0.717, 1.165) is 5.82 Å². The van der Waals surface area contributed by atoms with Gasteiger partial charge in [0, 0.05) is 19.4 Å². The fourth-order valence-corrected chi connectivity index (χ4v) is 1.44. The highest BCUT2D eigenvalue weighted by Crippen LogP contribution is 2.23. The van der Waals surface area contributed by atoms with Crippen molar-refractivity contribution in [3.63, 3.8) is 0 Å². The van der Waals surface area contributed by atoms with Crippen molar-refractivity contribution in [1.29, 1.82) is 0 Å². The van der Waals surface area contributed by atoms with Crippen LogP contribution in [0.1, 0.15) is 18.9 Å². The maximum Gasteiger partial charge on any atom is 0.408 e. The minimum absolute atomic E-state index is 0.0198. The lowest BCUT2D eigenvalue weighted by Gasteiger charge is -2.11. The van der Waals surface area contributed by atoms with Crippen LogP contribution in [0.5, 0.6) is 0 Å². The summed E-state index contributed by atoms with van der Waals surface area (Å²) in [6, 6.07) is -0.0198. The van der Waals surface area contributed by atoms with Crippen LogP contribution in [0.15, 0.2) is 12.4 Å². The smallest absolute Gasteiger partial charge is 0.408 e. The standard InChI is InChI=1S/C8H11N3O2/c1-5-6(13-8(12)10-5)7-9-3-4-11(7)2/h3-6H,1-2H3,(H,10,12)/t5-,6-/m0/s1. The molecule has 5 heteroatoms. The number of amides is 1. The molecule has 0 unspecified atom stereocenters. The zero-order chi connectivity index (χ0) is 9.42. The Kier molecular flexibility index (Phi) is 1.72. The van der Waals surface area contributed by atoms with Gasteiger partial charge in [-0.3, -0.25) is 0 Å². The average Bonchev–Trinajstić information content (AvgIpc) is 2.58. The molecule has 13 heavy (non-hydrogen) atoms. The van der Waals surface area contributed by atoms with Gasteiger partial charge in [-0.1, -0.05) is 0 Å². The molecule has 0 bridgehead atoms. The highest BCUT2D eigenvalue weighted by atomic mass is 16.6.